The van der Waals surface area contributed by atoms with Crippen LogP contribution >= 0.6 is 0 Å². The zero-order valence-corrected chi connectivity index (χ0v) is 15.5. The van der Waals surface area contributed by atoms with Crippen molar-refractivity contribution in [2.75, 3.05) is 18.5 Å². The summed E-state index contributed by atoms with van der Waals surface area (Å²) in [6.45, 7) is 2.39. The number of likely N-dealkylation sites (tertiary alicyclic amines) is 1. The van der Waals surface area contributed by atoms with Gasteiger partial charge in [0.05, 0.1) is 18.1 Å². The fourth-order valence-electron chi connectivity index (χ4n) is 3.08. The van der Waals surface area contributed by atoms with Gasteiger partial charge in [0.2, 0.25) is 11.8 Å². The van der Waals surface area contributed by atoms with Gasteiger partial charge < -0.3 is 15.0 Å². The van der Waals surface area contributed by atoms with Crippen molar-refractivity contribution in [3.05, 3.63) is 65.5 Å². The molecule has 0 radical (unpaired) electrons. The number of rotatable bonds is 6. The first-order chi connectivity index (χ1) is 13.5. The van der Waals surface area contributed by atoms with Gasteiger partial charge in [-0.25, -0.2) is 9.18 Å². The van der Waals surface area contributed by atoms with Crippen LogP contribution in [0.4, 0.5) is 10.1 Å². The van der Waals surface area contributed by atoms with Crippen LogP contribution in [0.15, 0.2) is 48.5 Å². The number of hydrogen-bond acceptors (Lipinski definition) is 4. The van der Waals surface area contributed by atoms with E-state index in [1.54, 1.807) is 49.4 Å². The van der Waals surface area contributed by atoms with Gasteiger partial charge >= 0.3 is 5.97 Å². The van der Waals surface area contributed by atoms with Crippen LogP contribution in [0, 0.1) is 11.7 Å². The van der Waals surface area contributed by atoms with Crippen molar-refractivity contribution in [3.8, 4) is 0 Å². The summed E-state index contributed by atoms with van der Waals surface area (Å²) < 4.78 is 18.7. The van der Waals surface area contributed by atoms with E-state index in [1.165, 1.54) is 11.0 Å². The second-order valence-corrected chi connectivity index (χ2v) is 6.55. The molecule has 1 N–H and O–H groups in total. The van der Waals surface area contributed by atoms with Gasteiger partial charge in [-0.2, -0.15) is 0 Å². The Labute approximate surface area is 162 Å². The van der Waals surface area contributed by atoms with Crippen molar-refractivity contribution in [3.63, 3.8) is 0 Å². The second kappa shape index (κ2) is 8.65. The fraction of sp³-hybridized carbons (Fsp3) is 0.286. The SMILES string of the molecule is CCOC(=O)c1ccc(NC(=O)C2CC(=O)N(Cc3ccccc3F)C2)cc1. The third-order valence-corrected chi connectivity index (χ3v) is 4.57. The first-order valence-corrected chi connectivity index (χ1v) is 9.07. The lowest BCUT2D eigenvalue weighted by molar-refractivity contribution is -0.128. The molecule has 1 unspecified atom stereocenters. The van der Waals surface area contributed by atoms with Crippen LogP contribution in [0.5, 0.6) is 0 Å². The Bertz CT molecular complexity index is 882. The lowest BCUT2D eigenvalue weighted by Gasteiger charge is -2.17. The molecule has 6 nitrogen and oxygen atoms in total. The molecule has 1 fully saturated rings. The Morgan fingerprint density at radius 1 is 1.18 bits per heavy atom. The van der Waals surface area contributed by atoms with E-state index in [0.29, 0.717) is 16.8 Å². The second-order valence-electron chi connectivity index (χ2n) is 6.55. The topological polar surface area (TPSA) is 75.7 Å². The molecule has 0 aliphatic carbocycles. The first-order valence-electron chi connectivity index (χ1n) is 9.07. The minimum Gasteiger partial charge on any atom is -0.462 e. The summed E-state index contributed by atoms with van der Waals surface area (Å²) in [6.07, 6.45) is 0.0845. The molecule has 2 aromatic rings. The molecule has 2 aromatic carbocycles. The van der Waals surface area contributed by atoms with Gasteiger partial charge in [-0.3, -0.25) is 9.59 Å². The number of ether oxygens (including phenoxy) is 1. The number of anilines is 1. The first kappa shape index (κ1) is 19.5. The van der Waals surface area contributed by atoms with Crippen molar-refractivity contribution in [2.24, 2.45) is 5.92 Å². The van der Waals surface area contributed by atoms with Gasteiger partial charge in [0, 0.05) is 30.8 Å². The summed E-state index contributed by atoms with van der Waals surface area (Å²) in [4.78, 5) is 37.8. The Balaban J connectivity index is 1.58. The van der Waals surface area contributed by atoms with Gasteiger partial charge in [0.25, 0.3) is 0 Å². The molecule has 1 atom stereocenters. The maximum atomic E-state index is 13.8. The van der Waals surface area contributed by atoms with Crippen molar-refractivity contribution >= 4 is 23.5 Å². The van der Waals surface area contributed by atoms with Crippen LogP contribution in [0.1, 0.15) is 29.3 Å². The van der Waals surface area contributed by atoms with E-state index >= 15 is 0 Å². The standard InChI is InChI=1S/C21H21FN2O4/c1-2-28-21(27)14-7-9-17(10-8-14)23-20(26)16-11-19(25)24(13-16)12-15-5-3-4-6-18(15)22/h3-10,16H,2,11-13H2,1H3,(H,23,26). The molecular formula is C21H21FN2O4. The Morgan fingerprint density at radius 3 is 2.57 bits per heavy atom. The molecule has 0 saturated carbocycles. The van der Waals surface area contributed by atoms with Gasteiger partial charge in [-0.1, -0.05) is 18.2 Å². The minimum absolute atomic E-state index is 0.0845. The smallest absolute Gasteiger partial charge is 0.338 e. The third kappa shape index (κ3) is 4.54. The molecule has 3 rings (SSSR count). The van der Waals surface area contributed by atoms with Gasteiger partial charge in [-0.15, -0.1) is 0 Å². The highest BCUT2D eigenvalue weighted by Crippen LogP contribution is 2.23. The van der Waals surface area contributed by atoms with Gasteiger partial charge in [-0.05, 0) is 37.3 Å². The summed E-state index contributed by atoms with van der Waals surface area (Å²) in [7, 11) is 0. The Kier molecular flexibility index (Phi) is 6.03. The average molecular weight is 384 g/mol. The predicted octanol–water partition coefficient (Wildman–Crippen LogP) is 2.99. The predicted molar refractivity (Wildman–Crippen MR) is 101 cm³/mol. The van der Waals surface area contributed by atoms with Crippen LogP contribution in [0.25, 0.3) is 0 Å². The number of halogens is 1. The lowest BCUT2D eigenvalue weighted by Crippen LogP contribution is -2.28. The Hall–Kier alpha value is -3.22. The number of esters is 1. The molecule has 1 aliphatic rings. The summed E-state index contributed by atoms with van der Waals surface area (Å²) in [5, 5.41) is 2.75. The fourth-order valence-corrected chi connectivity index (χ4v) is 3.08. The molecule has 7 heteroatoms. The number of amides is 2. The molecule has 0 bridgehead atoms. The zero-order chi connectivity index (χ0) is 20.1. The number of nitrogens with one attached hydrogen (secondary N) is 1. The highest BCUT2D eigenvalue weighted by atomic mass is 19.1. The average Bonchev–Trinajstić information content (AvgIpc) is 3.05. The molecule has 0 aromatic heterocycles. The molecule has 1 heterocycles. The van der Waals surface area contributed by atoms with Crippen LogP contribution in [0.2, 0.25) is 0 Å². The highest BCUT2D eigenvalue weighted by molar-refractivity contribution is 5.97. The maximum absolute atomic E-state index is 13.8. The monoisotopic (exact) mass is 384 g/mol. The van der Waals surface area contributed by atoms with Crippen molar-refractivity contribution in [1.82, 2.24) is 4.90 Å². The third-order valence-electron chi connectivity index (χ3n) is 4.57. The van der Waals surface area contributed by atoms with E-state index in [9.17, 15) is 18.8 Å². The largest absolute Gasteiger partial charge is 0.462 e. The highest BCUT2D eigenvalue weighted by Gasteiger charge is 2.34. The lowest BCUT2D eigenvalue weighted by atomic mass is 10.1. The van der Waals surface area contributed by atoms with E-state index in [-0.39, 0.29) is 43.7 Å². The molecule has 0 spiro atoms. The number of carbonyl (C=O) groups excluding carboxylic acids is 3. The van der Waals surface area contributed by atoms with E-state index in [4.69, 9.17) is 4.74 Å². The van der Waals surface area contributed by atoms with Gasteiger partial charge in [0.15, 0.2) is 0 Å². The Morgan fingerprint density at radius 2 is 1.89 bits per heavy atom. The van der Waals surface area contributed by atoms with Crippen LogP contribution in [-0.2, 0) is 20.9 Å². The number of nitrogens with zero attached hydrogens (tertiary/aromatic N) is 1. The molecule has 1 saturated heterocycles. The minimum atomic E-state index is -0.510. The zero-order valence-electron chi connectivity index (χ0n) is 15.5. The van der Waals surface area contributed by atoms with E-state index in [0.717, 1.165) is 0 Å². The summed E-state index contributed by atoms with van der Waals surface area (Å²) in [6, 6.07) is 12.6. The summed E-state index contributed by atoms with van der Waals surface area (Å²) >= 11 is 0. The molecule has 1 aliphatic heterocycles. The molecule has 28 heavy (non-hydrogen) atoms. The normalized spacial score (nSPS) is 16.1. The van der Waals surface area contributed by atoms with E-state index < -0.39 is 11.9 Å². The van der Waals surface area contributed by atoms with Crippen molar-refractivity contribution in [2.45, 2.75) is 19.9 Å². The molecule has 2 amide bonds. The van der Waals surface area contributed by atoms with Crippen LogP contribution < -0.4 is 5.32 Å². The number of benzene rings is 2. The molecular weight excluding hydrogens is 363 g/mol. The summed E-state index contributed by atoms with van der Waals surface area (Å²) in [5.41, 5.74) is 1.34. The van der Waals surface area contributed by atoms with Crippen molar-refractivity contribution < 1.29 is 23.5 Å². The maximum Gasteiger partial charge on any atom is 0.338 e. The van der Waals surface area contributed by atoms with Gasteiger partial charge in [0.1, 0.15) is 5.82 Å². The molecule has 146 valence electrons. The van der Waals surface area contributed by atoms with Crippen LogP contribution in [-0.4, -0.2) is 35.8 Å². The van der Waals surface area contributed by atoms with E-state index in [2.05, 4.69) is 5.32 Å². The number of carbonyl (C=O) groups is 3. The van der Waals surface area contributed by atoms with E-state index in [1.807, 2.05) is 0 Å². The summed E-state index contributed by atoms with van der Waals surface area (Å²) in [5.74, 6) is -1.77. The number of hydrogen-bond donors (Lipinski definition) is 1. The van der Waals surface area contributed by atoms with Crippen molar-refractivity contribution in [1.29, 1.82) is 0 Å². The van der Waals surface area contributed by atoms with Crippen LogP contribution in [0.3, 0.4) is 0 Å². The quantitative estimate of drug-likeness (QED) is 0.777.